The van der Waals surface area contributed by atoms with Gasteiger partial charge in [0.15, 0.2) is 0 Å². The first-order valence-corrected chi connectivity index (χ1v) is 4.91. The number of rotatable bonds is 3. The molecule has 1 atom stereocenters. The average Bonchev–Trinajstić information content (AvgIpc) is 2.55. The SMILES string of the molecule is CC(C)(CO)[C@H](N)c1ccsc1. The van der Waals surface area contributed by atoms with Gasteiger partial charge in [-0.15, -0.1) is 0 Å². The van der Waals surface area contributed by atoms with Gasteiger partial charge < -0.3 is 10.8 Å². The van der Waals surface area contributed by atoms with Gasteiger partial charge in [-0.1, -0.05) is 13.8 Å². The largest absolute Gasteiger partial charge is 0.396 e. The lowest BCUT2D eigenvalue weighted by molar-refractivity contribution is 0.132. The van der Waals surface area contributed by atoms with Crippen LogP contribution in [-0.2, 0) is 0 Å². The first kappa shape index (κ1) is 9.71. The summed E-state index contributed by atoms with van der Waals surface area (Å²) in [5, 5.41) is 13.1. The number of hydrogen-bond donors (Lipinski definition) is 2. The molecule has 0 aliphatic rings. The second-order valence-electron chi connectivity index (χ2n) is 3.68. The van der Waals surface area contributed by atoms with Gasteiger partial charge in [0.1, 0.15) is 0 Å². The van der Waals surface area contributed by atoms with Gasteiger partial charge in [-0.2, -0.15) is 11.3 Å². The molecule has 3 heteroatoms. The van der Waals surface area contributed by atoms with Crippen molar-refractivity contribution in [3.63, 3.8) is 0 Å². The molecule has 1 heterocycles. The molecule has 0 aromatic carbocycles. The van der Waals surface area contributed by atoms with Crippen LogP contribution in [0.25, 0.3) is 0 Å². The molecule has 12 heavy (non-hydrogen) atoms. The molecule has 0 saturated carbocycles. The third-order valence-corrected chi connectivity index (χ3v) is 2.85. The van der Waals surface area contributed by atoms with Crippen LogP contribution in [0.4, 0.5) is 0 Å². The van der Waals surface area contributed by atoms with Gasteiger partial charge in [0.2, 0.25) is 0 Å². The lowest BCUT2D eigenvalue weighted by atomic mass is 9.83. The Bertz CT molecular complexity index is 231. The van der Waals surface area contributed by atoms with Crippen LogP contribution in [0.1, 0.15) is 25.5 Å². The third kappa shape index (κ3) is 1.86. The summed E-state index contributed by atoms with van der Waals surface area (Å²) in [6.07, 6.45) is 0. The summed E-state index contributed by atoms with van der Waals surface area (Å²) in [7, 11) is 0. The number of thiophene rings is 1. The molecule has 0 fully saturated rings. The highest BCUT2D eigenvalue weighted by molar-refractivity contribution is 7.07. The van der Waals surface area contributed by atoms with Crippen LogP contribution in [0, 0.1) is 5.41 Å². The van der Waals surface area contributed by atoms with E-state index >= 15 is 0 Å². The Labute approximate surface area is 77.0 Å². The van der Waals surface area contributed by atoms with Crippen LogP contribution in [0.3, 0.4) is 0 Å². The first-order chi connectivity index (χ1) is 5.58. The molecule has 1 aromatic heterocycles. The van der Waals surface area contributed by atoms with E-state index < -0.39 is 0 Å². The molecule has 0 amide bonds. The quantitative estimate of drug-likeness (QED) is 0.754. The summed E-state index contributed by atoms with van der Waals surface area (Å²) in [4.78, 5) is 0. The van der Waals surface area contributed by atoms with E-state index in [0.29, 0.717) is 0 Å². The van der Waals surface area contributed by atoms with Crippen LogP contribution in [0.5, 0.6) is 0 Å². The molecule has 0 unspecified atom stereocenters. The lowest BCUT2D eigenvalue weighted by Crippen LogP contribution is -2.31. The molecule has 0 radical (unpaired) electrons. The molecule has 0 saturated heterocycles. The molecule has 0 bridgehead atoms. The van der Waals surface area contributed by atoms with E-state index in [1.165, 1.54) is 0 Å². The van der Waals surface area contributed by atoms with Gasteiger partial charge in [-0.25, -0.2) is 0 Å². The molecular weight excluding hydrogens is 170 g/mol. The van der Waals surface area contributed by atoms with Gasteiger partial charge in [-0.05, 0) is 22.4 Å². The first-order valence-electron chi connectivity index (χ1n) is 3.96. The highest BCUT2D eigenvalue weighted by Crippen LogP contribution is 2.31. The van der Waals surface area contributed by atoms with Crippen LogP contribution in [-0.4, -0.2) is 11.7 Å². The number of hydrogen-bond acceptors (Lipinski definition) is 3. The van der Waals surface area contributed by atoms with Crippen LogP contribution in [0.15, 0.2) is 16.8 Å². The van der Waals surface area contributed by atoms with E-state index in [-0.39, 0.29) is 18.1 Å². The van der Waals surface area contributed by atoms with E-state index in [9.17, 15) is 0 Å². The van der Waals surface area contributed by atoms with Gasteiger partial charge in [0, 0.05) is 18.1 Å². The smallest absolute Gasteiger partial charge is 0.0500 e. The summed E-state index contributed by atoms with van der Waals surface area (Å²) < 4.78 is 0. The fourth-order valence-electron chi connectivity index (χ4n) is 1.00. The van der Waals surface area contributed by atoms with Crippen molar-refractivity contribution in [2.75, 3.05) is 6.61 Å². The Morgan fingerprint density at radius 1 is 1.67 bits per heavy atom. The molecule has 3 N–H and O–H groups in total. The van der Waals surface area contributed by atoms with E-state index in [1.807, 2.05) is 30.7 Å². The maximum atomic E-state index is 9.09. The Morgan fingerprint density at radius 3 is 2.75 bits per heavy atom. The summed E-state index contributed by atoms with van der Waals surface area (Å²) in [6, 6.07) is 1.93. The van der Waals surface area contributed by atoms with Crippen LogP contribution < -0.4 is 5.73 Å². The van der Waals surface area contributed by atoms with Gasteiger partial charge in [0.25, 0.3) is 0 Å². The second kappa shape index (κ2) is 3.56. The predicted molar refractivity (Wildman–Crippen MR) is 52.1 cm³/mol. The maximum absolute atomic E-state index is 9.09. The van der Waals surface area contributed by atoms with Gasteiger partial charge in [-0.3, -0.25) is 0 Å². The summed E-state index contributed by atoms with van der Waals surface area (Å²) in [5.74, 6) is 0. The molecule has 0 aliphatic heterocycles. The number of aliphatic hydroxyl groups excluding tert-OH is 1. The van der Waals surface area contributed by atoms with Crippen molar-refractivity contribution in [2.45, 2.75) is 19.9 Å². The lowest BCUT2D eigenvalue weighted by Gasteiger charge is -2.28. The normalized spacial score (nSPS) is 14.7. The van der Waals surface area contributed by atoms with E-state index in [1.54, 1.807) is 11.3 Å². The predicted octanol–water partition coefficient (Wildman–Crippen LogP) is 1.77. The fraction of sp³-hybridized carbons (Fsp3) is 0.556. The zero-order valence-corrected chi connectivity index (χ0v) is 8.27. The van der Waals surface area contributed by atoms with Crippen LogP contribution in [0.2, 0.25) is 0 Å². The van der Waals surface area contributed by atoms with Gasteiger partial charge >= 0.3 is 0 Å². The maximum Gasteiger partial charge on any atom is 0.0500 e. The molecule has 0 aliphatic carbocycles. The zero-order valence-electron chi connectivity index (χ0n) is 7.45. The van der Waals surface area contributed by atoms with Crippen LogP contribution >= 0.6 is 11.3 Å². The van der Waals surface area contributed by atoms with E-state index in [0.717, 1.165) is 5.56 Å². The molecule has 2 nitrogen and oxygen atoms in total. The Morgan fingerprint density at radius 2 is 2.33 bits per heavy atom. The van der Waals surface area contributed by atoms with Gasteiger partial charge in [0.05, 0.1) is 0 Å². The minimum Gasteiger partial charge on any atom is -0.396 e. The Kier molecular flexibility index (Phi) is 2.88. The standard InChI is InChI=1S/C9H15NOS/c1-9(2,6-11)8(10)7-3-4-12-5-7/h3-5,8,11H,6,10H2,1-2H3/t8-/m1/s1. The topological polar surface area (TPSA) is 46.2 Å². The summed E-state index contributed by atoms with van der Waals surface area (Å²) in [5.41, 5.74) is 6.85. The molecule has 1 rings (SSSR count). The van der Waals surface area contributed by atoms with Crippen molar-refractivity contribution in [2.24, 2.45) is 11.1 Å². The summed E-state index contributed by atoms with van der Waals surface area (Å²) in [6.45, 7) is 4.05. The van der Waals surface area contributed by atoms with Crippen molar-refractivity contribution < 1.29 is 5.11 Å². The second-order valence-corrected chi connectivity index (χ2v) is 4.46. The summed E-state index contributed by atoms with van der Waals surface area (Å²) >= 11 is 1.63. The van der Waals surface area contributed by atoms with Crippen molar-refractivity contribution >= 4 is 11.3 Å². The Balaban J connectivity index is 2.78. The monoisotopic (exact) mass is 185 g/mol. The molecule has 0 spiro atoms. The van der Waals surface area contributed by atoms with E-state index in [4.69, 9.17) is 10.8 Å². The van der Waals surface area contributed by atoms with Crippen molar-refractivity contribution in [1.29, 1.82) is 0 Å². The number of aliphatic hydroxyl groups is 1. The Hall–Kier alpha value is -0.380. The van der Waals surface area contributed by atoms with Crippen molar-refractivity contribution in [3.8, 4) is 0 Å². The van der Waals surface area contributed by atoms with Crippen molar-refractivity contribution in [1.82, 2.24) is 0 Å². The third-order valence-electron chi connectivity index (χ3n) is 2.15. The highest BCUT2D eigenvalue weighted by Gasteiger charge is 2.26. The molecule has 1 aromatic rings. The minimum atomic E-state index is -0.235. The molecule has 68 valence electrons. The fourth-order valence-corrected chi connectivity index (χ4v) is 1.70. The minimum absolute atomic E-state index is 0.0752. The number of nitrogens with two attached hydrogens (primary N) is 1. The molecular formula is C9H15NOS. The highest BCUT2D eigenvalue weighted by atomic mass is 32.1. The van der Waals surface area contributed by atoms with Crippen molar-refractivity contribution in [3.05, 3.63) is 22.4 Å². The van der Waals surface area contributed by atoms with E-state index in [2.05, 4.69) is 0 Å². The average molecular weight is 185 g/mol. The zero-order chi connectivity index (χ0) is 9.19.